The van der Waals surface area contributed by atoms with Gasteiger partial charge in [0.2, 0.25) is 5.13 Å². The SMILES string of the molecule is COc1cnc(Cl)cc1-c1cc(C)ncc1C(=O)Nc1nnc(OC[C@@H]2COC[C@H]2C)s1. The Balaban J connectivity index is 1.52. The number of methoxy groups -OCH3 is 1. The summed E-state index contributed by atoms with van der Waals surface area (Å²) in [4.78, 5) is 21.4. The van der Waals surface area contributed by atoms with E-state index in [0.717, 1.165) is 23.6 Å². The van der Waals surface area contributed by atoms with Gasteiger partial charge in [-0.1, -0.05) is 23.6 Å². The van der Waals surface area contributed by atoms with Crippen LogP contribution in [-0.2, 0) is 4.74 Å². The van der Waals surface area contributed by atoms with E-state index in [-0.39, 0.29) is 11.1 Å². The zero-order valence-electron chi connectivity index (χ0n) is 17.8. The van der Waals surface area contributed by atoms with Gasteiger partial charge in [0.1, 0.15) is 10.9 Å². The Morgan fingerprint density at radius 3 is 2.84 bits per heavy atom. The lowest BCUT2D eigenvalue weighted by molar-refractivity contribution is 0.102. The Morgan fingerprint density at radius 1 is 1.25 bits per heavy atom. The van der Waals surface area contributed by atoms with Crippen LogP contribution in [0.4, 0.5) is 5.13 Å². The fourth-order valence-electron chi connectivity index (χ4n) is 3.33. The molecule has 0 radical (unpaired) electrons. The van der Waals surface area contributed by atoms with Crippen molar-refractivity contribution in [3.8, 4) is 22.1 Å². The second kappa shape index (κ2) is 9.76. The van der Waals surface area contributed by atoms with E-state index < -0.39 is 0 Å². The van der Waals surface area contributed by atoms with E-state index in [4.69, 9.17) is 25.8 Å². The highest BCUT2D eigenvalue weighted by atomic mass is 35.5. The first-order chi connectivity index (χ1) is 15.4. The minimum absolute atomic E-state index is 0.287. The number of nitrogens with zero attached hydrogens (tertiary/aromatic N) is 4. The molecule has 2 atom stereocenters. The summed E-state index contributed by atoms with van der Waals surface area (Å²) in [6, 6.07) is 3.44. The molecule has 1 aliphatic rings. The number of halogens is 1. The fraction of sp³-hybridized carbons (Fsp3) is 0.381. The first-order valence-electron chi connectivity index (χ1n) is 9.96. The Labute approximate surface area is 194 Å². The van der Waals surface area contributed by atoms with E-state index in [9.17, 15) is 4.79 Å². The van der Waals surface area contributed by atoms with E-state index in [2.05, 4.69) is 32.4 Å². The number of carbonyl (C=O) groups is 1. The van der Waals surface area contributed by atoms with Gasteiger partial charge in [-0.2, -0.15) is 0 Å². The van der Waals surface area contributed by atoms with Crippen molar-refractivity contribution in [3.63, 3.8) is 0 Å². The maximum absolute atomic E-state index is 13.1. The van der Waals surface area contributed by atoms with Crippen LogP contribution in [0.3, 0.4) is 0 Å². The molecule has 1 fully saturated rings. The largest absolute Gasteiger partial charge is 0.494 e. The maximum Gasteiger partial charge on any atom is 0.295 e. The quantitative estimate of drug-likeness (QED) is 0.513. The molecule has 9 nitrogen and oxygen atoms in total. The second-order valence-corrected chi connectivity index (χ2v) is 8.82. The van der Waals surface area contributed by atoms with E-state index >= 15 is 0 Å². The number of ether oxygens (including phenoxy) is 3. The van der Waals surface area contributed by atoms with Crippen molar-refractivity contribution in [2.45, 2.75) is 13.8 Å². The molecule has 1 aliphatic heterocycles. The van der Waals surface area contributed by atoms with Gasteiger partial charge >= 0.3 is 0 Å². The van der Waals surface area contributed by atoms with Crippen molar-refractivity contribution in [2.24, 2.45) is 11.8 Å². The number of hydrogen-bond acceptors (Lipinski definition) is 9. The minimum Gasteiger partial charge on any atom is -0.494 e. The number of rotatable bonds is 7. The molecule has 0 spiro atoms. The number of hydrogen-bond donors (Lipinski definition) is 1. The molecular weight excluding hydrogens is 454 g/mol. The minimum atomic E-state index is -0.386. The summed E-state index contributed by atoms with van der Waals surface area (Å²) in [6.07, 6.45) is 3.02. The van der Waals surface area contributed by atoms with Crippen molar-refractivity contribution in [1.82, 2.24) is 20.2 Å². The highest BCUT2D eigenvalue weighted by Gasteiger charge is 2.25. The summed E-state index contributed by atoms with van der Waals surface area (Å²) in [5.41, 5.74) is 2.33. The number of aryl methyl sites for hydroxylation is 1. The van der Waals surface area contributed by atoms with Crippen LogP contribution >= 0.6 is 22.9 Å². The second-order valence-electron chi connectivity index (χ2n) is 7.49. The van der Waals surface area contributed by atoms with Gasteiger partial charge in [0.05, 0.1) is 32.1 Å². The average Bonchev–Trinajstić information content (AvgIpc) is 3.40. The lowest BCUT2D eigenvalue weighted by Gasteiger charge is -2.13. The Morgan fingerprint density at radius 2 is 2.09 bits per heavy atom. The summed E-state index contributed by atoms with van der Waals surface area (Å²) in [7, 11) is 1.53. The molecule has 32 heavy (non-hydrogen) atoms. The Kier molecular flexibility index (Phi) is 6.83. The topological polar surface area (TPSA) is 108 Å². The molecule has 1 amide bonds. The molecule has 1 N–H and O–H groups in total. The van der Waals surface area contributed by atoms with E-state index in [1.54, 1.807) is 12.1 Å². The molecule has 0 unspecified atom stereocenters. The van der Waals surface area contributed by atoms with Gasteiger partial charge in [-0.3, -0.25) is 15.1 Å². The molecule has 168 valence electrons. The Bertz CT molecular complexity index is 1130. The van der Waals surface area contributed by atoms with Crippen LogP contribution < -0.4 is 14.8 Å². The summed E-state index contributed by atoms with van der Waals surface area (Å²) in [5, 5.41) is 11.8. The van der Waals surface area contributed by atoms with Crippen LogP contribution in [0.1, 0.15) is 23.0 Å². The van der Waals surface area contributed by atoms with Crippen LogP contribution in [0.5, 0.6) is 10.9 Å². The van der Waals surface area contributed by atoms with E-state index in [1.165, 1.54) is 19.5 Å². The normalized spacial score (nSPS) is 17.9. The smallest absolute Gasteiger partial charge is 0.295 e. The van der Waals surface area contributed by atoms with Crippen molar-refractivity contribution in [2.75, 3.05) is 32.2 Å². The maximum atomic E-state index is 13.1. The van der Waals surface area contributed by atoms with Gasteiger partial charge in [0.15, 0.2) is 0 Å². The molecule has 0 bridgehead atoms. The van der Waals surface area contributed by atoms with Gasteiger partial charge in [-0.15, -0.1) is 5.10 Å². The third-order valence-corrected chi connectivity index (χ3v) is 6.15. The first-order valence-corrected chi connectivity index (χ1v) is 11.2. The molecule has 4 rings (SSSR count). The molecule has 3 aromatic heterocycles. The zero-order valence-corrected chi connectivity index (χ0v) is 19.4. The lowest BCUT2D eigenvalue weighted by Crippen LogP contribution is -2.17. The van der Waals surface area contributed by atoms with Crippen molar-refractivity contribution in [3.05, 3.63) is 40.9 Å². The van der Waals surface area contributed by atoms with Crippen LogP contribution in [0, 0.1) is 18.8 Å². The first kappa shape index (κ1) is 22.4. The van der Waals surface area contributed by atoms with Crippen molar-refractivity contribution < 1.29 is 19.0 Å². The number of nitrogens with one attached hydrogen (secondary N) is 1. The third-order valence-electron chi connectivity index (χ3n) is 5.19. The monoisotopic (exact) mass is 475 g/mol. The van der Waals surface area contributed by atoms with Gasteiger partial charge in [-0.25, -0.2) is 4.98 Å². The van der Waals surface area contributed by atoms with Crippen LogP contribution in [0.15, 0.2) is 24.5 Å². The van der Waals surface area contributed by atoms with Gasteiger partial charge in [0, 0.05) is 35.5 Å². The van der Waals surface area contributed by atoms with Gasteiger partial charge in [0.25, 0.3) is 11.1 Å². The summed E-state index contributed by atoms with van der Waals surface area (Å²) >= 11 is 7.25. The predicted molar refractivity (Wildman–Crippen MR) is 121 cm³/mol. The lowest BCUT2D eigenvalue weighted by atomic mass is 10.00. The number of pyridine rings is 2. The molecule has 1 saturated heterocycles. The van der Waals surface area contributed by atoms with Crippen molar-refractivity contribution in [1.29, 1.82) is 0 Å². The van der Waals surface area contributed by atoms with E-state index in [0.29, 0.717) is 57.8 Å². The van der Waals surface area contributed by atoms with Crippen LogP contribution in [0.2, 0.25) is 5.15 Å². The van der Waals surface area contributed by atoms with Crippen molar-refractivity contribution >= 4 is 34.0 Å². The summed E-state index contributed by atoms with van der Waals surface area (Å²) in [6.45, 7) is 5.88. The number of anilines is 1. The molecule has 11 heteroatoms. The molecule has 3 aromatic rings. The molecular formula is C21H22ClN5O4S. The molecule has 4 heterocycles. The van der Waals surface area contributed by atoms with Gasteiger partial charge in [-0.05, 0) is 36.3 Å². The number of amides is 1. The standard InChI is InChI=1S/C21H22ClN5O4S/c1-11-8-30-9-13(11)10-31-21-27-26-20(32-21)25-19(28)16-6-23-12(2)4-14(16)15-5-18(22)24-7-17(15)29-3/h4-7,11,13H,8-10H2,1-3H3,(H,25,26,28)/t11-,13+/m1/s1. The summed E-state index contributed by atoms with van der Waals surface area (Å²) in [5.74, 6) is 0.863. The number of aromatic nitrogens is 4. The zero-order chi connectivity index (χ0) is 22.7. The molecule has 0 saturated carbocycles. The predicted octanol–water partition coefficient (Wildman–Crippen LogP) is 3.88. The fourth-order valence-corrected chi connectivity index (χ4v) is 4.09. The Hall–Kier alpha value is -2.82. The van der Waals surface area contributed by atoms with Crippen LogP contribution in [0.25, 0.3) is 11.1 Å². The van der Waals surface area contributed by atoms with Crippen LogP contribution in [-0.4, -0.2) is 53.0 Å². The molecule has 0 aliphatic carbocycles. The highest BCUT2D eigenvalue weighted by molar-refractivity contribution is 7.17. The summed E-state index contributed by atoms with van der Waals surface area (Å²) < 4.78 is 16.6. The highest BCUT2D eigenvalue weighted by Crippen LogP contribution is 2.34. The van der Waals surface area contributed by atoms with E-state index in [1.807, 2.05) is 6.92 Å². The van der Waals surface area contributed by atoms with Gasteiger partial charge < -0.3 is 14.2 Å². The number of carbonyl (C=O) groups excluding carboxylic acids is 1. The third kappa shape index (κ3) is 4.98. The average molecular weight is 476 g/mol. The molecule has 0 aromatic carbocycles.